The molecule has 0 unspecified atom stereocenters. The van der Waals surface area contributed by atoms with E-state index in [1.807, 2.05) is 0 Å². The van der Waals surface area contributed by atoms with Crippen LogP contribution in [0, 0.1) is 0 Å². The van der Waals surface area contributed by atoms with E-state index in [2.05, 4.69) is 21.3 Å². The van der Waals surface area contributed by atoms with Crippen LogP contribution in [0.15, 0.2) is 0 Å². The van der Waals surface area contributed by atoms with Crippen LogP contribution in [0.2, 0.25) is 0 Å². The van der Waals surface area contributed by atoms with Gasteiger partial charge in [-0.25, -0.2) is 0 Å². The summed E-state index contributed by atoms with van der Waals surface area (Å²) in [6.45, 7) is 10.1. The smallest absolute Gasteiger partial charge is 0.395 e. The van der Waals surface area contributed by atoms with E-state index in [-0.39, 0.29) is 94.7 Å². The molecular weight excluding hydrogens is 670 g/mol. The molecule has 240 valence electrons. The summed E-state index contributed by atoms with van der Waals surface area (Å²) in [5, 5.41) is 45.1. The van der Waals surface area contributed by atoms with Crippen molar-refractivity contribution in [3.8, 4) is 0 Å². The van der Waals surface area contributed by atoms with Crippen molar-refractivity contribution >= 4 is 0 Å². The summed E-state index contributed by atoms with van der Waals surface area (Å²) in [4.78, 5) is 0. The summed E-state index contributed by atoms with van der Waals surface area (Å²) in [7, 11) is 0. The largest absolute Gasteiger partial charge is 1.00 e. The van der Waals surface area contributed by atoms with E-state index in [4.69, 9.17) is 43.4 Å². The van der Waals surface area contributed by atoms with Crippen LogP contribution in [0.5, 0.6) is 0 Å². The van der Waals surface area contributed by atoms with Gasteiger partial charge < -0.3 is 64.6 Å². The molecule has 0 aromatic heterocycles. The second-order valence-electron chi connectivity index (χ2n) is 6.46. The SMILES string of the molecule is NCCCNCCO.NCCCNCCO.NCCCNCCO.NCCCNCCO.[Cu+].[Cu+].[Cu+].[Cu+]. The molecular formula is C20H56Cu4N8O4+4. The van der Waals surface area contributed by atoms with Crippen LogP contribution in [-0.2, 0) is 68.3 Å². The van der Waals surface area contributed by atoms with Crippen molar-refractivity contribution in [1.29, 1.82) is 0 Å². The van der Waals surface area contributed by atoms with Crippen molar-refractivity contribution < 1.29 is 88.7 Å². The van der Waals surface area contributed by atoms with Gasteiger partial charge in [-0.15, -0.1) is 0 Å². The summed E-state index contributed by atoms with van der Waals surface area (Å²) in [6.07, 6.45) is 3.94. The standard InChI is InChI=1S/4C5H14N2O.4Cu/c4*6-2-1-3-7-4-5-8;;;;/h4*7-8H,1-6H2;;;;/q;;;;4*+1. The molecule has 0 heterocycles. The van der Waals surface area contributed by atoms with E-state index < -0.39 is 0 Å². The van der Waals surface area contributed by atoms with Crippen molar-refractivity contribution in [2.45, 2.75) is 25.7 Å². The minimum absolute atomic E-state index is 0. The maximum Gasteiger partial charge on any atom is 1.00 e. The van der Waals surface area contributed by atoms with Crippen molar-refractivity contribution in [2.24, 2.45) is 22.9 Å². The molecule has 0 aliphatic carbocycles. The fourth-order valence-electron chi connectivity index (χ4n) is 1.72. The summed E-state index contributed by atoms with van der Waals surface area (Å²) in [5.74, 6) is 0. The molecule has 0 radical (unpaired) electrons. The minimum atomic E-state index is 0. The Kier molecular flexibility index (Phi) is 113. The topological polar surface area (TPSA) is 233 Å². The second kappa shape index (κ2) is 70.8. The summed E-state index contributed by atoms with van der Waals surface area (Å²) >= 11 is 0. The number of rotatable bonds is 20. The van der Waals surface area contributed by atoms with Gasteiger partial charge in [-0.1, -0.05) is 0 Å². The predicted octanol–water partition coefficient (Wildman–Crippen LogP) is -4.34. The van der Waals surface area contributed by atoms with Gasteiger partial charge in [-0.3, -0.25) is 0 Å². The molecule has 0 atom stereocenters. The van der Waals surface area contributed by atoms with E-state index >= 15 is 0 Å². The Hall–Kier alpha value is 1.60. The molecule has 0 spiro atoms. The first-order chi connectivity index (χ1) is 15.7. The van der Waals surface area contributed by atoms with Crippen LogP contribution in [0.3, 0.4) is 0 Å². The van der Waals surface area contributed by atoms with Crippen molar-refractivity contribution in [1.82, 2.24) is 21.3 Å². The van der Waals surface area contributed by atoms with E-state index in [0.29, 0.717) is 26.2 Å². The van der Waals surface area contributed by atoms with Gasteiger partial charge in [0.25, 0.3) is 0 Å². The van der Waals surface area contributed by atoms with Crippen LogP contribution in [0.1, 0.15) is 25.7 Å². The van der Waals surface area contributed by atoms with Crippen LogP contribution < -0.4 is 44.2 Å². The summed E-state index contributed by atoms with van der Waals surface area (Å²) in [6, 6.07) is 0. The van der Waals surface area contributed by atoms with Crippen LogP contribution >= 0.6 is 0 Å². The quantitative estimate of drug-likeness (QED) is 0.0422. The normalized spacial score (nSPS) is 8.67. The first kappa shape index (κ1) is 57.5. The summed E-state index contributed by atoms with van der Waals surface area (Å²) < 4.78 is 0. The zero-order chi connectivity index (χ0) is 25.0. The third-order valence-corrected chi connectivity index (χ3v) is 3.39. The van der Waals surface area contributed by atoms with Gasteiger partial charge in [0.1, 0.15) is 0 Å². The fourth-order valence-corrected chi connectivity index (χ4v) is 1.72. The molecule has 0 amide bonds. The van der Waals surface area contributed by atoms with Gasteiger partial charge >= 0.3 is 68.3 Å². The zero-order valence-electron chi connectivity index (χ0n) is 21.4. The Balaban J connectivity index is -0.0000000467. The Bertz CT molecular complexity index is 208. The Morgan fingerprint density at radius 2 is 0.500 bits per heavy atom. The molecule has 0 fully saturated rings. The van der Waals surface area contributed by atoms with Gasteiger partial charge in [0, 0.05) is 26.2 Å². The zero-order valence-corrected chi connectivity index (χ0v) is 25.2. The van der Waals surface area contributed by atoms with E-state index in [0.717, 1.165) is 78.0 Å². The Morgan fingerprint density at radius 3 is 0.611 bits per heavy atom. The van der Waals surface area contributed by atoms with Gasteiger partial charge in [0.2, 0.25) is 0 Å². The second-order valence-corrected chi connectivity index (χ2v) is 6.46. The minimum Gasteiger partial charge on any atom is -0.395 e. The average Bonchev–Trinajstić information content (AvgIpc) is 2.82. The third kappa shape index (κ3) is 91.3. The molecule has 16 N–H and O–H groups in total. The average molecular weight is 727 g/mol. The molecule has 0 aromatic rings. The Labute approximate surface area is 262 Å². The van der Waals surface area contributed by atoms with Gasteiger partial charge in [-0.2, -0.15) is 0 Å². The number of hydrogen-bond donors (Lipinski definition) is 12. The van der Waals surface area contributed by atoms with Gasteiger partial charge in [-0.05, 0) is 78.0 Å². The molecule has 0 aliphatic heterocycles. The first-order valence-corrected chi connectivity index (χ1v) is 11.7. The van der Waals surface area contributed by atoms with Crippen molar-refractivity contribution in [3.05, 3.63) is 0 Å². The van der Waals surface area contributed by atoms with Gasteiger partial charge in [0.15, 0.2) is 0 Å². The molecule has 0 rings (SSSR count). The van der Waals surface area contributed by atoms with Crippen molar-refractivity contribution in [3.63, 3.8) is 0 Å². The Morgan fingerprint density at radius 1 is 0.333 bits per heavy atom. The van der Waals surface area contributed by atoms with Gasteiger partial charge in [0.05, 0.1) is 26.4 Å². The number of aliphatic hydroxyl groups is 4. The molecule has 36 heavy (non-hydrogen) atoms. The van der Waals surface area contributed by atoms with Crippen LogP contribution in [0.25, 0.3) is 0 Å². The molecule has 0 aliphatic rings. The number of hydrogen-bond acceptors (Lipinski definition) is 12. The molecule has 0 saturated carbocycles. The summed E-state index contributed by atoms with van der Waals surface area (Å²) in [5.41, 5.74) is 20.8. The van der Waals surface area contributed by atoms with E-state index in [1.54, 1.807) is 0 Å². The number of nitrogens with one attached hydrogen (secondary N) is 4. The van der Waals surface area contributed by atoms with Crippen LogP contribution in [-0.4, -0.2) is 125 Å². The molecule has 16 heteroatoms. The first-order valence-electron chi connectivity index (χ1n) is 11.7. The third-order valence-electron chi connectivity index (χ3n) is 3.39. The molecule has 0 saturated heterocycles. The molecule has 0 bridgehead atoms. The molecule has 12 nitrogen and oxygen atoms in total. The fraction of sp³-hybridized carbons (Fsp3) is 1.00. The molecule has 0 aromatic carbocycles. The monoisotopic (exact) mass is 724 g/mol. The van der Waals surface area contributed by atoms with Crippen LogP contribution in [0.4, 0.5) is 0 Å². The maximum atomic E-state index is 8.27. The maximum absolute atomic E-state index is 8.27. The van der Waals surface area contributed by atoms with E-state index in [1.165, 1.54) is 0 Å². The van der Waals surface area contributed by atoms with Crippen molar-refractivity contribution in [2.75, 3.05) is 105 Å². The number of aliphatic hydroxyl groups excluding tert-OH is 4. The predicted molar refractivity (Wildman–Crippen MR) is 135 cm³/mol. The number of nitrogens with two attached hydrogens (primary N) is 4. The van der Waals surface area contributed by atoms with E-state index in [9.17, 15) is 0 Å².